The van der Waals surface area contributed by atoms with Crippen LogP contribution >= 0.6 is 0 Å². The third-order valence-corrected chi connectivity index (χ3v) is 4.86. The Kier molecular flexibility index (Phi) is 4.83. The normalized spacial score (nSPS) is 24.5. The maximum absolute atomic E-state index is 12.8. The summed E-state index contributed by atoms with van der Waals surface area (Å²) in [5.41, 5.74) is 0.649. The van der Waals surface area contributed by atoms with Crippen molar-refractivity contribution in [2.24, 2.45) is 5.92 Å². The SMILES string of the molecule is CC1C(=O)NCCN1C(=O)C1CCCN(C(=O)c2ccccc2)C1. The minimum Gasteiger partial charge on any atom is -0.353 e. The van der Waals surface area contributed by atoms with Crippen molar-refractivity contribution in [1.82, 2.24) is 15.1 Å². The van der Waals surface area contributed by atoms with E-state index in [1.807, 2.05) is 18.2 Å². The van der Waals surface area contributed by atoms with E-state index >= 15 is 0 Å². The van der Waals surface area contributed by atoms with E-state index in [1.165, 1.54) is 0 Å². The first-order valence-electron chi connectivity index (χ1n) is 8.50. The molecule has 2 saturated heterocycles. The average molecular weight is 329 g/mol. The molecule has 2 unspecified atom stereocenters. The van der Waals surface area contributed by atoms with Crippen LogP contribution in [0.25, 0.3) is 0 Å². The van der Waals surface area contributed by atoms with Crippen molar-refractivity contribution in [3.05, 3.63) is 35.9 Å². The van der Waals surface area contributed by atoms with E-state index in [4.69, 9.17) is 0 Å². The summed E-state index contributed by atoms with van der Waals surface area (Å²) in [6.07, 6.45) is 1.58. The second kappa shape index (κ2) is 7.03. The molecule has 0 aromatic heterocycles. The Bertz CT molecular complexity index is 632. The lowest BCUT2D eigenvalue weighted by atomic mass is 9.95. The molecule has 6 nitrogen and oxygen atoms in total. The summed E-state index contributed by atoms with van der Waals surface area (Å²) in [5.74, 6) is -0.372. The van der Waals surface area contributed by atoms with Gasteiger partial charge in [-0.1, -0.05) is 18.2 Å². The number of nitrogens with one attached hydrogen (secondary N) is 1. The summed E-state index contributed by atoms with van der Waals surface area (Å²) in [5, 5.41) is 2.77. The van der Waals surface area contributed by atoms with E-state index in [0.29, 0.717) is 31.7 Å². The molecular formula is C18H23N3O3. The molecule has 0 saturated carbocycles. The summed E-state index contributed by atoms with van der Waals surface area (Å²) >= 11 is 0. The standard InChI is InChI=1S/C18H23N3O3/c1-13-16(22)19-9-11-21(13)18(24)15-8-5-10-20(12-15)17(23)14-6-3-2-4-7-14/h2-4,6-7,13,15H,5,8-12H2,1H3,(H,19,22). The molecular weight excluding hydrogens is 306 g/mol. The Balaban J connectivity index is 1.68. The molecule has 0 radical (unpaired) electrons. The first-order valence-corrected chi connectivity index (χ1v) is 8.50. The van der Waals surface area contributed by atoms with Gasteiger partial charge in [0.15, 0.2) is 0 Å². The summed E-state index contributed by atoms with van der Waals surface area (Å²) in [4.78, 5) is 40.6. The van der Waals surface area contributed by atoms with Gasteiger partial charge in [0, 0.05) is 31.7 Å². The molecule has 1 aromatic carbocycles. The molecule has 0 bridgehead atoms. The van der Waals surface area contributed by atoms with Crippen molar-refractivity contribution in [1.29, 1.82) is 0 Å². The van der Waals surface area contributed by atoms with Crippen LogP contribution in [0.4, 0.5) is 0 Å². The van der Waals surface area contributed by atoms with E-state index in [2.05, 4.69) is 5.32 Å². The first kappa shape index (κ1) is 16.5. The number of hydrogen-bond acceptors (Lipinski definition) is 3. The molecule has 1 N–H and O–H groups in total. The predicted molar refractivity (Wildman–Crippen MR) is 89.3 cm³/mol. The number of piperazine rings is 1. The van der Waals surface area contributed by atoms with Crippen molar-refractivity contribution < 1.29 is 14.4 Å². The topological polar surface area (TPSA) is 69.7 Å². The monoisotopic (exact) mass is 329 g/mol. The fourth-order valence-corrected chi connectivity index (χ4v) is 3.44. The molecule has 2 fully saturated rings. The highest BCUT2D eigenvalue weighted by atomic mass is 16.2. The van der Waals surface area contributed by atoms with Crippen molar-refractivity contribution >= 4 is 17.7 Å². The van der Waals surface area contributed by atoms with Gasteiger partial charge in [-0.2, -0.15) is 0 Å². The Morgan fingerprint density at radius 1 is 1.17 bits per heavy atom. The van der Waals surface area contributed by atoms with Crippen LogP contribution in [-0.2, 0) is 9.59 Å². The van der Waals surface area contributed by atoms with E-state index < -0.39 is 6.04 Å². The fourth-order valence-electron chi connectivity index (χ4n) is 3.44. The Labute approximate surface area is 141 Å². The molecule has 2 aliphatic heterocycles. The Hall–Kier alpha value is -2.37. The number of nitrogens with zero attached hydrogens (tertiary/aromatic N) is 2. The molecule has 6 heteroatoms. The molecule has 1 aromatic rings. The molecule has 3 amide bonds. The quantitative estimate of drug-likeness (QED) is 0.876. The second-order valence-electron chi connectivity index (χ2n) is 6.45. The third kappa shape index (κ3) is 3.27. The zero-order valence-corrected chi connectivity index (χ0v) is 13.9. The number of benzene rings is 1. The maximum Gasteiger partial charge on any atom is 0.253 e. The minimum atomic E-state index is -0.438. The van der Waals surface area contributed by atoms with Crippen LogP contribution in [0, 0.1) is 5.92 Å². The van der Waals surface area contributed by atoms with Gasteiger partial charge in [-0.3, -0.25) is 14.4 Å². The largest absolute Gasteiger partial charge is 0.353 e. The van der Waals surface area contributed by atoms with Crippen molar-refractivity contribution in [3.8, 4) is 0 Å². The van der Waals surface area contributed by atoms with Gasteiger partial charge in [0.2, 0.25) is 11.8 Å². The number of rotatable bonds is 2. The van der Waals surface area contributed by atoms with Gasteiger partial charge < -0.3 is 15.1 Å². The number of piperidine rings is 1. The van der Waals surface area contributed by atoms with Gasteiger partial charge in [-0.25, -0.2) is 0 Å². The number of likely N-dealkylation sites (tertiary alicyclic amines) is 1. The summed E-state index contributed by atoms with van der Waals surface area (Å²) in [7, 11) is 0. The van der Waals surface area contributed by atoms with Gasteiger partial charge in [0.05, 0.1) is 5.92 Å². The van der Waals surface area contributed by atoms with E-state index in [1.54, 1.807) is 28.9 Å². The molecule has 2 atom stereocenters. The fraction of sp³-hybridized carbons (Fsp3) is 0.500. The molecule has 24 heavy (non-hydrogen) atoms. The zero-order valence-electron chi connectivity index (χ0n) is 13.9. The lowest BCUT2D eigenvalue weighted by Crippen LogP contribution is -2.58. The van der Waals surface area contributed by atoms with Gasteiger partial charge in [0.1, 0.15) is 6.04 Å². The average Bonchev–Trinajstić information content (AvgIpc) is 2.63. The van der Waals surface area contributed by atoms with Gasteiger partial charge in [0.25, 0.3) is 5.91 Å². The van der Waals surface area contributed by atoms with Crippen LogP contribution in [0.2, 0.25) is 0 Å². The molecule has 0 spiro atoms. The number of carbonyl (C=O) groups excluding carboxylic acids is 3. The number of hydrogen-bond donors (Lipinski definition) is 1. The van der Waals surface area contributed by atoms with Crippen LogP contribution in [0.15, 0.2) is 30.3 Å². The molecule has 128 valence electrons. The van der Waals surface area contributed by atoms with Crippen LogP contribution < -0.4 is 5.32 Å². The Morgan fingerprint density at radius 3 is 2.67 bits per heavy atom. The lowest BCUT2D eigenvalue weighted by Gasteiger charge is -2.38. The Morgan fingerprint density at radius 2 is 1.92 bits per heavy atom. The predicted octanol–water partition coefficient (Wildman–Crippen LogP) is 0.886. The highest BCUT2D eigenvalue weighted by Crippen LogP contribution is 2.22. The van der Waals surface area contributed by atoms with E-state index in [9.17, 15) is 14.4 Å². The smallest absolute Gasteiger partial charge is 0.253 e. The van der Waals surface area contributed by atoms with Gasteiger partial charge >= 0.3 is 0 Å². The lowest BCUT2D eigenvalue weighted by molar-refractivity contribution is -0.146. The van der Waals surface area contributed by atoms with Crippen LogP contribution in [0.3, 0.4) is 0 Å². The van der Waals surface area contributed by atoms with Crippen molar-refractivity contribution in [2.45, 2.75) is 25.8 Å². The van der Waals surface area contributed by atoms with Crippen molar-refractivity contribution in [2.75, 3.05) is 26.2 Å². The zero-order chi connectivity index (χ0) is 17.1. The number of carbonyl (C=O) groups is 3. The summed E-state index contributed by atoms with van der Waals surface area (Å²) < 4.78 is 0. The van der Waals surface area contributed by atoms with E-state index in [0.717, 1.165) is 12.8 Å². The molecule has 0 aliphatic carbocycles. The molecule has 2 aliphatic rings. The van der Waals surface area contributed by atoms with Crippen LogP contribution in [0.5, 0.6) is 0 Å². The molecule has 3 rings (SSSR count). The highest BCUT2D eigenvalue weighted by molar-refractivity contribution is 5.95. The van der Waals surface area contributed by atoms with Crippen molar-refractivity contribution in [3.63, 3.8) is 0 Å². The second-order valence-corrected chi connectivity index (χ2v) is 6.45. The molecule has 2 heterocycles. The first-order chi connectivity index (χ1) is 11.6. The summed E-state index contributed by atoms with van der Waals surface area (Å²) in [6, 6.07) is 8.71. The third-order valence-electron chi connectivity index (χ3n) is 4.86. The number of amides is 3. The van der Waals surface area contributed by atoms with Crippen LogP contribution in [0.1, 0.15) is 30.1 Å². The minimum absolute atomic E-state index is 0.0112. The summed E-state index contributed by atoms with van der Waals surface area (Å²) in [6.45, 7) is 3.89. The maximum atomic E-state index is 12.8. The highest BCUT2D eigenvalue weighted by Gasteiger charge is 2.36. The van der Waals surface area contributed by atoms with E-state index in [-0.39, 0.29) is 23.6 Å². The van der Waals surface area contributed by atoms with Gasteiger partial charge in [-0.05, 0) is 31.9 Å². The van der Waals surface area contributed by atoms with Gasteiger partial charge in [-0.15, -0.1) is 0 Å². The van der Waals surface area contributed by atoms with Crippen LogP contribution in [-0.4, -0.2) is 59.7 Å².